The number of carboxylic acids is 1. The molecule has 3 aromatic heterocycles. The van der Waals surface area contributed by atoms with E-state index in [1.807, 2.05) is 41.8 Å². The largest absolute Gasteiger partial charge is 0.481 e. The van der Waals surface area contributed by atoms with Crippen molar-refractivity contribution < 1.29 is 9.90 Å². The average molecular weight is 377 g/mol. The summed E-state index contributed by atoms with van der Waals surface area (Å²) in [6.07, 6.45) is 3.10. The predicted octanol–water partition coefficient (Wildman–Crippen LogP) is 3.66. The number of thiophene rings is 1. The number of aliphatic carboxylic acids is 1. The van der Waals surface area contributed by atoms with Crippen molar-refractivity contribution in [2.75, 3.05) is 0 Å². The third kappa shape index (κ3) is 3.24. The minimum absolute atomic E-state index is 0.0470. The van der Waals surface area contributed by atoms with Gasteiger partial charge in [-0.3, -0.25) is 19.1 Å². The van der Waals surface area contributed by atoms with E-state index in [0.717, 1.165) is 11.1 Å². The normalized spacial score (nSPS) is 11.0. The fourth-order valence-corrected chi connectivity index (χ4v) is 3.92. The van der Waals surface area contributed by atoms with Gasteiger partial charge in [0.25, 0.3) is 5.56 Å². The Hall–Kier alpha value is -3.32. The Balaban J connectivity index is 1.98. The van der Waals surface area contributed by atoms with Crippen molar-refractivity contribution in [2.45, 2.75) is 13.0 Å². The van der Waals surface area contributed by atoms with Crippen LogP contribution in [0.3, 0.4) is 0 Å². The van der Waals surface area contributed by atoms with Gasteiger partial charge in [-0.05, 0) is 17.7 Å². The van der Waals surface area contributed by atoms with Crippen LogP contribution in [0.5, 0.6) is 0 Å². The Bertz CT molecular complexity index is 1170. The summed E-state index contributed by atoms with van der Waals surface area (Å²) in [5.74, 6) is -0.531. The zero-order valence-corrected chi connectivity index (χ0v) is 15.0. The lowest BCUT2D eigenvalue weighted by molar-refractivity contribution is -0.137. The van der Waals surface area contributed by atoms with Crippen LogP contribution in [0.1, 0.15) is 6.42 Å². The van der Waals surface area contributed by atoms with Gasteiger partial charge < -0.3 is 5.11 Å². The van der Waals surface area contributed by atoms with Gasteiger partial charge in [0.15, 0.2) is 0 Å². The highest BCUT2D eigenvalue weighted by molar-refractivity contribution is 7.17. The first-order chi connectivity index (χ1) is 13.1. The lowest BCUT2D eigenvalue weighted by Crippen LogP contribution is -2.24. The Labute approximate surface area is 158 Å². The Morgan fingerprint density at radius 3 is 2.59 bits per heavy atom. The second-order valence-corrected chi connectivity index (χ2v) is 6.83. The van der Waals surface area contributed by atoms with E-state index in [-0.39, 0.29) is 18.5 Å². The molecule has 4 rings (SSSR count). The Morgan fingerprint density at radius 1 is 1.11 bits per heavy atom. The fourth-order valence-electron chi connectivity index (χ4n) is 2.98. The standard InChI is InChI=1S/C20H15N3O3S/c24-16(25)8-10-23-18(14-7-4-9-21-11-14)22-19-17(20(23)26)15(12-27-19)13-5-2-1-3-6-13/h1-7,9,11-12H,8,10H2,(H,24,25). The third-order valence-corrected chi connectivity index (χ3v) is 5.12. The molecule has 0 fully saturated rings. The Kier molecular flexibility index (Phi) is 4.52. The number of rotatable bonds is 5. The molecule has 4 aromatic rings. The van der Waals surface area contributed by atoms with Crippen LogP contribution in [0.25, 0.3) is 32.7 Å². The summed E-state index contributed by atoms with van der Waals surface area (Å²) in [6.45, 7) is 0.0470. The van der Waals surface area contributed by atoms with Gasteiger partial charge >= 0.3 is 5.97 Å². The van der Waals surface area contributed by atoms with Gasteiger partial charge in [0.2, 0.25) is 0 Å². The number of hydrogen-bond acceptors (Lipinski definition) is 5. The van der Waals surface area contributed by atoms with Gasteiger partial charge in [-0.25, -0.2) is 4.98 Å². The predicted molar refractivity (Wildman–Crippen MR) is 105 cm³/mol. The number of fused-ring (bicyclic) bond motifs is 1. The van der Waals surface area contributed by atoms with Gasteiger partial charge in [0, 0.05) is 35.4 Å². The highest BCUT2D eigenvalue weighted by atomic mass is 32.1. The van der Waals surface area contributed by atoms with E-state index in [2.05, 4.69) is 9.97 Å². The molecule has 0 spiro atoms. The summed E-state index contributed by atoms with van der Waals surface area (Å²) < 4.78 is 1.44. The molecule has 0 atom stereocenters. The summed E-state index contributed by atoms with van der Waals surface area (Å²) in [7, 11) is 0. The minimum atomic E-state index is -0.965. The van der Waals surface area contributed by atoms with Crippen LogP contribution in [-0.4, -0.2) is 25.6 Å². The molecule has 0 aliphatic heterocycles. The van der Waals surface area contributed by atoms with E-state index in [0.29, 0.717) is 21.6 Å². The highest BCUT2D eigenvalue weighted by Gasteiger charge is 2.18. The topological polar surface area (TPSA) is 85.1 Å². The summed E-state index contributed by atoms with van der Waals surface area (Å²) in [6, 6.07) is 13.2. The molecule has 27 heavy (non-hydrogen) atoms. The molecule has 0 saturated carbocycles. The van der Waals surface area contributed by atoms with Crippen molar-refractivity contribution >= 4 is 27.5 Å². The van der Waals surface area contributed by atoms with Crippen molar-refractivity contribution in [2.24, 2.45) is 0 Å². The molecule has 0 bridgehead atoms. The van der Waals surface area contributed by atoms with Gasteiger partial charge in [-0.15, -0.1) is 11.3 Å². The molecule has 134 valence electrons. The van der Waals surface area contributed by atoms with Crippen molar-refractivity contribution in [3.05, 3.63) is 70.6 Å². The SMILES string of the molecule is O=C(O)CCn1c(-c2cccnc2)nc2scc(-c3ccccc3)c2c1=O. The van der Waals surface area contributed by atoms with E-state index < -0.39 is 5.97 Å². The average Bonchev–Trinajstić information content (AvgIpc) is 3.12. The lowest BCUT2D eigenvalue weighted by Gasteiger charge is -2.12. The van der Waals surface area contributed by atoms with Crippen LogP contribution in [0, 0.1) is 0 Å². The molecular weight excluding hydrogens is 362 g/mol. The minimum Gasteiger partial charge on any atom is -0.481 e. The number of carboxylic acid groups (broad SMARTS) is 1. The first kappa shape index (κ1) is 17.1. The summed E-state index contributed by atoms with van der Waals surface area (Å²) in [5.41, 5.74) is 2.19. The molecule has 6 nitrogen and oxygen atoms in total. The monoisotopic (exact) mass is 377 g/mol. The zero-order chi connectivity index (χ0) is 18.8. The molecule has 7 heteroatoms. The number of hydrogen-bond donors (Lipinski definition) is 1. The Morgan fingerprint density at radius 2 is 1.89 bits per heavy atom. The molecule has 0 saturated heterocycles. The van der Waals surface area contributed by atoms with E-state index in [1.54, 1.807) is 18.5 Å². The van der Waals surface area contributed by atoms with Gasteiger partial charge in [-0.2, -0.15) is 0 Å². The third-order valence-electron chi connectivity index (χ3n) is 4.25. The molecule has 1 N–H and O–H groups in total. The summed E-state index contributed by atoms with van der Waals surface area (Å²) in [5, 5.41) is 11.5. The maximum Gasteiger partial charge on any atom is 0.305 e. The van der Waals surface area contributed by atoms with Crippen molar-refractivity contribution in [3.8, 4) is 22.5 Å². The molecule has 0 radical (unpaired) electrons. The van der Waals surface area contributed by atoms with Gasteiger partial charge in [-0.1, -0.05) is 30.3 Å². The van der Waals surface area contributed by atoms with Crippen LogP contribution < -0.4 is 5.56 Å². The van der Waals surface area contributed by atoms with Crippen LogP contribution in [-0.2, 0) is 11.3 Å². The van der Waals surface area contributed by atoms with Crippen LogP contribution >= 0.6 is 11.3 Å². The molecule has 3 heterocycles. The van der Waals surface area contributed by atoms with Gasteiger partial charge in [0.05, 0.1) is 11.8 Å². The second-order valence-electron chi connectivity index (χ2n) is 5.97. The van der Waals surface area contributed by atoms with Crippen molar-refractivity contribution in [3.63, 3.8) is 0 Å². The van der Waals surface area contributed by atoms with Crippen LogP contribution in [0.15, 0.2) is 65.0 Å². The first-order valence-electron chi connectivity index (χ1n) is 8.35. The van der Waals surface area contributed by atoms with Crippen molar-refractivity contribution in [1.29, 1.82) is 0 Å². The summed E-state index contributed by atoms with van der Waals surface area (Å²) >= 11 is 1.40. The highest BCUT2D eigenvalue weighted by Crippen LogP contribution is 2.32. The van der Waals surface area contributed by atoms with E-state index in [9.17, 15) is 9.59 Å². The molecule has 0 unspecified atom stereocenters. The van der Waals surface area contributed by atoms with Gasteiger partial charge in [0.1, 0.15) is 10.7 Å². The first-order valence-corrected chi connectivity index (χ1v) is 9.23. The number of carbonyl (C=O) groups is 1. The molecule has 1 aromatic carbocycles. The zero-order valence-electron chi connectivity index (χ0n) is 14.2. The lowest BCUT2D eigenvalue weighted by atomic mass is 10.1. The van der Waals surface area contributed by atoms with Crippen molar-refractivity contribution in [1.82, 2.24) is 14.5 Å². The maximum atomic E-state index is 13.3. The second kappa shape index (κ2) is 7.13. The van der Waals surface area contributed by atoms with E-state index in [1.165, 1.54) is 15.9 Å². The van der Waals surface area contributed by atoms with Crippen LogP contribution in [0.4, 0.5) is 0 Å². The maximum absolute atomic E-state index is 13.3. The fraction of sp³-hybridized carbons (Fsp3) is 0.100. The molecule has 0 amide bonds. The van der Waals surface area contributed by atoms with E-state index >= 15 is 0 Å². The smallest absolute Gasteiger partial charge is 0.305 e. The van der Waals surface area contributed by atoms with Crippen LogP contribution in [0.2, 0.25) is 0 Å². The molecular formula is C20H15N3O3S. The number of benzene rings is 1. The number of pyridine rings is 1. The molecule has 0 aliphatic carbocycles. The molecule has 0 aliphatic rings. The van der Waals surface area contributed by atoms with E-state index in [4.69, 9.17) is 5.11 Å². The quantitative estimate of drug-likeness (QED) is 0.574. The summed E-state index contributed by atoms with van der Waals surface area (Å²) in [4.78, 5) is 33.8. The number of aromatic nitrogens is 3. The number of nitrogens with zero attached hydrogens (tertiary/aromatic N) is 3.